The van der Waals surface area contributed by atoms with Crippen molar-refractivity contribution >= 4 is 11.4 Å². The topological polar surface area (TPSA) is 49.5 Å². The third kappa shape index (κ3) is 1.68. The van der Waals surface area contributed by atoms with Crippen molar-refractivity contribution in [1.82, 2.24) is 0 Å². The molecule has 0 saturated carbocycles. The number of benzene rings is 1. The van der Waals surface area contributed by atoms with E-state index in [4.69, 9.17) is 5.73 Å². The molecule has 0 aliphatic carbocycles. The third-order valence-electron chi connectivity index (χ3n) is 2.72. The number of hydrogen-bond donors (Lipinski definition) is 2. The van der Waals surface area contributed by atoms with Gasteiger partial charge in [0.25, 0.3) is 0 Å². The van der Waals surface area contributed by atoms with E-state index in [1.165, 1.54) is 11.3 Å². The molecule has 0 radical (unpaired) electrons. The molecule has 0 aromatic heterocycles. The maximum Gasteiger partial charge on any atom is 0.0731 e. The molecule has 3 nitrogen and oxygen atoms in total. The quantitative estimate of drug-likeness (QED) is 0.656. The second kappa shape index (κ2) is 3.50. The first-order valence-electron chi connectivity index (χ1n) is 4.96. The molecule has 0 spiro atoms. The van der Waals surface area contributed by atoms with Crippen molar-refractivity contribution in [2.75, 3.05) is 23.7 Å². The lowest BCUT2D eigenvalue weighted by Gasteiger charge is -2.20. The van der Waals surface area contributed by atoms with Crippen LogP contribution in [0.2, 0.25) is 0 Å². The van der Waals surface area contributed by atoms with E-state index in [1.807, 2.05) is 18.2 Å². The Morgan fingerprint density at radius 1 is 1.50 bits per heavy atom. The summed E-state index contributed by atoms with van der Waals surface area (Å²) in [4.78, 5) is 2.21. The highest BCUT2D eigenvalue weighted by atomic mass is 16.3. The summed E-state index contributed by atoms with van der Waals surface area (Å²) in [5.41, 5.74) is 8.85. The zero-order valence-electron chi connectivity index (χ0n) is 8.40. The lowest BCUT2D eigenvalue weighted by molar-refractivity contribution is 0.198. The van der Waals surface area contributed by atoms with Crippen molar-refractivity contribution in [1.29, 1.82) is 0 Å². The smallest absolute Gasteiger partial charge is 0.0731 e. The van der Waals surface area contributed by atoms with Gasteiger partial charge in [-0.25, -0.2) is 0 Å². The van der Waals surface area contributed by atoms with Crippen LogP contribution in [0.3, 0.4) is 0 Å². The number of hydrogen-bond acceptors (Lipinski definition) is 3. The first kappa shape index (κ1) is 9.34. The number of rotatable bonds is 1. The van der Waals surface area contributed by atoms with E-state index < -0.39 is 0 Å². The van der Waals surface area contributed by atoms with Crippen LogP contribution in [0.25, 0.3) is 0 Å². The van der Waals surface area contributed by atoms with Crippen molar-refractivity contribution in [2.24, 2.45) is 0 Å². The van der Waals surface area contributed by atoms with E-state index in [0.717, 1.165) is 25.2 Å². The molecule has 1 fully saturated rings. The molecular formula is C11H16N2O. The number of nitrogens with zero attached hydrogens (tertiary/aromatic N) is 1. The number of aryl methyl sites for hydroxylation is 1. The van der Waals surface area contributed by atoms with Crippen LogP contribution in [-0.2, 0) is 0 Å². The fourth-order valence-electron chi connectivity index (χ4n) is 1.99. The van der Waals surface area contributed by atoms with E-state index in [2.05, 4.69) is 11.8 Å². The summed E-state index contributed by atoms with van der Waals surface area (Å²) in [7, 11) is 0. The van der Waals surface area contributed by atoms with Gasteiger partial charge in [-0.2, -0.15) is 0 Å². The Balaban J connectivity index is 2.24. The van der Waals surface area contributed by atoms with E-state index in [9.17, 15) is 5.11 Å². The molecule has 3 N–H and O–H groups in total. The van der Waals surface area contributed by atoms with E-state index in [1.54, 1.807) is 0 Å². The highest BCUT2D eigenvalue weighted by molar-refractivity contribution is 5.59. The van der Waals surface area contributed by atoms with Gasteiger partial charge in [0, 0.05) is 24.5 Å². The minimum atomic E-state index is -0.174. The molecule has 2 rings (SSSR count). The summed E-state index contributed by atoms with van der Waals surface area (Å²) in [6.45, 7) is 3.73. The number of aliphatic hydroxyl groups excluding tert-OH is 1. The average molecular weight is 192 g/mol. The number of nitrogens with two attached hydrogens (primary N) is 1. The molecule has 3 heteroatoms. The van der Waals surface area contributed by atoms with Crippen LogP contribution in [0.5, 0.6) is 0 Å². The molecule has 1 saturated heterocycles. The number of anilines is 2. The summed E-state index contributed by atoms with van der Waals surface area (Å²) in [5, 5.41) is 9.44. The first-order valence-corrected chi connectivity index (χ1v) is 4.96. The highest BCUT2D eigenvalue weighted by Gasteiger charge is 2.21. The molecule has 0 amide bonds. The maximum absolute atomic E-state index is 9.44. The molecule has 1 aliphatic rings. The Morgan fingerprint density at radius 3 is 2.86 bits per heavy atom. The Hall–Kier alpha value is -1.22. The standard InChI is InChI=1S/C11H16N2O/c1-8-6-9(12)2-3-11(8)13-5-4-10(14)7-13/h2-3,6,10,14H,4-5,7,12H2,1H3/t10-/m1/s1. The van der Waals surface area contributed by atoms with Crippen LogP contribution in [0.4, 0.5) is 11.4 Å². The number of β-amino-alcohol motifs (C(OH)–C–C–N with tert-alkyl or cyclic N) is 1. The summed E-state index contributed by atoms with van der Waals surface area (Å²) in [5.74, 6) is 0. The van der Waals surface area contributed by atoms with Gasteiger partial charge in [-0.15, -0.1) is 0 Å². The minimum absolute atomic E-state index is 0.174. The average Bonchev–Trinajstić information content (AvgIpc) is 2.51. The zero-order valence-corrected chi connectivity index (χ0v) is 8.40. The Morgan fingerprint density at radius 2 is 2.29 bits per heavy atom. The molecule has 0 unspecified atom stereocenters. The van der Waals surface area contributed by atoms with Gasteiger partial charge in [0.2, 0.25) is 0 Å². The van der Waals surface area contributed by atoms with E-state index in [0.29, 0.717) is 0 Å². The predicted molar refractivity (Wildman–Crippen MR) is 58.4 cm³/mol. The number of nitrogen functional groups attached to an aromatic ring is 1. The van der Waals surface area contributed by atoms with Crippen LogP contribution >= 0.6 is 0 Å². The largest absolute Gasteiger partial charge is 0.399 e. The van der Waals surface area contributed by atoms with E-state index >= 15 is 0 Å². The molecule has 1 atom stereocenters. The Kier molecular flexibility index (Phi) is 2.33. The molecule has 1 aliphatic heterocycles. The lowest BCUT2D eigenvalue weighted by Crippen LogP contribution is -2.21. The highest BCUT2D eigenvalue weighted by Crippen LogP contribution is 2.25. The van der Waals surface area contributed by atoms with Gasteiger partial charge in [-0.1, -0.05) is 0 Å². The van der Waals surface area contributed by atoms with Gasteiger partial charge >= 0.3 is 0 Å². The van der Waals surface area contributed by atoms with E-state index in [-0.39, 0.29) is 6.10 Å². The minimum Gasteiger partial charge on any atom is -0.399 e. The van der Waals surface area contributed by atoms with Gasteiger partial charge in [0.15, 0.2) is 0 Å². The van der Waals surface area contributed by atoms with Crippen LogP contribution in [0.1, 0.15) is 12.0 Å². The summed E-state index contributed by atoms with van der Waals surface area (Å²) < 4.78 is 0. The van der Waals surface area contributed by atoms with Crippen LogP contribution in [0, 0.1) is 6.92 Å². The van der Waals surface area contributed by atoms with Crippen molar-refractivity contribution in [3.8, 4) is 0 Å². The van der Waals surface area contributed by atoms with Gasteiger partial charge in [0.05, 0.1) is 6.10 Å². The summed E-state index contributed by atoms with van der Waals surface area (Å²) in [6.07, 6.45) is 0.691. The monoisotopic (exact) mass is 192 g/mol. The predicted octanol–water partition coefficient (Wildman–Crippen LogP) is 1.15. The first-order chi connectivity index (χ1) is 6.66. The van der Waals surface area contributed by atoms with Crippen molar-refractivity contribution in [3.63, 3.8) is 0 Å². The molecule has 1 aromatic carbocycles. The zero-order chi connectivity index (χ0) is 10.1. The van der Waals surface area contributed by atoms with Crippen molar-refractivity contribution in [2.45, 2.75) is 19.4 Å². The normalized spacial score (nSPS) is 21.6. The van der Waals surface area contributed by atoms with Gasteiger partial charge in [-0.3, -0.25) is 0 Å². The fraction of sp³-hybridized carbons (Fsp3) is 0.455. The SMILES string of the molecule is Cc1cc(N)ccc1N1CC[C@@H](O)C1. The van der Waals surface area contributed by atoms with Crippen LogP contribution < -0.4 is 10.6 Å². The second-order valence-corrected chi connectivity index (χ2v) is 3.93. The molecule has 14 heavy (non-hydrogen) atoms. The molecule has 76 valence electrons. The van der Waals surface area contributed by atoms with Crippen molar-refractivity contribution < 1.29 is 5.11 Å². The van der Waals surface area contributed by atoms with Gasteiger partial charge in [0.1, 0.15) is 0 Å². The van der Waals surface area contributed by atoms with Gasteiger partial charge < -0.3 is 15.7 Å². The maximum atomic E-state index is 9.44. The fourth-order valence-corrected chi connectivity index (χ4v) is 1.99. The molecule has 0 bridgehead atoms. The van der Waals surface area contributed by atoms with Crippen LogP contribution in [-0.4, -0.2) is 24.3 Å². The summed E-state index contributed by atoms with van der Waals surface area (Å²) >= 11 is 0. The third-order valence-corrected chi connectivity index (χ3v) is 2.72. The number of aliphatic hydroxyl groups is 1. The van der Waals surface area contributed by atoms with Gasteiger partial charge in [-0.05, 0) is 37.1 Å². The Labute approximate surface area is 84.1 Å². The lowest BCUT2D eigenvalue weighted by atomic mass is 10.1. The molecular weight excluding hydrogens is 176 g/mol. The molecule has 1 aromatic rings. The van der Waals surface area contributed by atoms with Crippen LogP contribution in [0.15, 0.2) is 18.2 Å². The second-order valence-electron chi connectivity index (χ2n) is 3.93. The molecule has 1 heterocycles. The van der Waals surface area contributed by atoms with Crippen molar-refractivity contribution in [3.05, 3.63) is 23.8 Å². The summed E-state index contributed by atoms with van der Waals surface area (Å²) in [6, 6.07) is 5.91. The Bertz CT molecular complexity index is 338.